The lowest BCUT2D eigenvalue weighted by molar-refractivity contribution is -0.383. The van der Waals surface area contributed by atoms with Crippen molar-refractivity contribution in [3.63, 3.8) is 0 Å². The fraction of sp³-hybridized carbons (Fsp3) is 0.462. The monoisotopic (exact) mass is 298 g/mol. The van der Waals surface area contributed by atoms with Crippen LogP contribution in [0.4, 0.5) is 11.4 Å². The van der Waals surface area contributed by atoms with Crippen LogP contribution in [0.25, 0.3) is 0 Å². The number of benzene rings is 1. The van der Waals surface area contributed by atoms with Crippen molar-refractivity contribution >= 4 is 29.1 Å². The average molecular weight is 298 g/mol. The number of carbonyl (C=O) groups is 1. The highest BCUT2D eigenvalue weighted by Gasteiger charge is 2.16. The number of thioether (sulfide) groups is 1. The lowest BCUT2D eigenvalue weighted by Gasteiger charge is -2.19. The van der Waals surface area contributed by atoms with E-state index in [0.29, 0.717) is 5.75 Å². The summed E-state index contributed by atoms with van der Waals surface area (Å²) >= 11 is 1.34. The predicted molar refractivity (Wildman–Crippen MR) is 79.5 cm³/mol. The molecule has 0 unspecified atom stereocenters. The Labute approximate surface area is 121 Å². The molecule has 0 aromatic heterocycles. The van der Waals surface area contributed by atoms with Crippen molar-refractivity contribution in [1.82, 2.24) is 0 Å². The van der Waals surface area contributed by atoms with Crippen LogP contribution in [-0.2, 0) is 15.3 Å². The van der Waals surface area contributed by atoms with Gasteiger partial charge in [-0.1, -0.05) is 6.07 Å². The standard InChI is InChI=1S/C13H18N2O4S/c1-13(2,3)19-12(16)8-20-7-9-4-5-10(14)11(6-9)15(17)18/h4-6H,7-8,14H2,1-3H3. The van der Waals surface area contributed by atoms with Gasteiger partial charge in [0, 0.05) is 11.8 Å². The number of carbonyl (C=O) groups excluding carboxylic acids is 1. The molecule has 20 heavy (non-hydrogen) atoms. The molecule has 0 heterocycles. The zero-order valence-electron chi connectivity index (χ0n) is 11.7. The molecule has 0 radical (unpaired) electrons. The maximum absolute atomic E-state index is 11.5. The Hall–Kier alpha value is -1.76. The second-order valence-corrected chi connectivity index (χ2v) is 6.22. The van der Waals surface area contributed by atoms with E-state index < -0.39 is 10.5 Å². The van der Waals surface area contributed by atoms with E-state index in [1.165, 1.54) is 23.9 Å². The Morgan fingerprint density at radius 3 is 2.65 bits per heavy atom. The summed E-state index contributed by atoms with van der Waals surface area (Å²) in [6.45, 7) is 5.41. The molecule has 0 bridgehead atoms. The fourth-order valence-corrected chi connectivity index (χ4v) is 2.20. The molecule has 1 aromatic carbocycles. The molecule has 0 aliphatic carbocycles. The van der Waals surface area contributed by atoms with E-state index in [4.69, 9.17) is 10.5 Å². The van der Waals surface area contributed by atoms with Gasteiger partial charge in [0.15, 0.2) is 0 Å². The van der Waals surface area contributed by atoms with Gasteiger partial charge in [0.1, 0.15) is 11.3 Å². The number of nitrogen functional groups attached to an aromatic ring is 1. The third-order valence-corrected chi connectivity index (χ3v) is 3.18. The number of ether oxygens (including phenoxy) is 1. The number of esters is 1. The van der Waals surface area contributed by atoms with Gasteiger partial charge < -0.3 is 10.5 Å². The summed E-state index contributed by atoms with van der Waals surface area (Å²) < 4.78 is 5.17. The van der Waals surface area contributed by atoms with Crippen molar-refractivity contribution in [3.8, 4) is 0 Å². The third kappa shape index (κ3) is 5.48. The molecule has 0 saturated carbocycles. The average Bonchev–Trinajstić information content (AvgIpc) is 2.28. The fourth-order valence-electron chi connectivity index (χ4n) is 1.46. The van der Waals surface area contributed by atoms with Gasteiger partial charge in [-0.3, -0.25) is 14.9 Å². The van der Waals surface area contributed by atoms with Crippen molar-refractivity contribution < 1.29 is 14.5 Å². The number of nitrogens with zero attached hydrogens (tertiary/aromatic N) is 1. The molecule has 0 saturated heterocycles. The zero-order valence-corrected chi connectivity index (χ0v) is 12.5. The molecular formula is C13H18N2O4S. The van der Waals surface area contributed by atoms with E-state index in [2.05, 4.69) is 0 Å². The second-order valence-electron chi connectivity index (χ2n) is 5.23. The van der Waals surface area contributed by atoms with Crippen molar-refractivity contribution in [1.29, 1.82) is 0 Å². The number of nitrogens with two attached hydrogens (primary N) is 1. The first-order valence-corrected chi connectivity index (χ1v) is 7.17. The molecule has 0 atom stereocenters. The number of nitro benzene ring substituents is 1. The van der Waals surface area contributed by atoms with Crippen molar-refractivity contribution in [2.75, 3.05) is 11.5 Å². The molecule has 0 aliphatic heterocycles. The number of hydrogen-bond donors (Lipinski definition) is 1. The lowest BCUT2D eigenvalue weighted by Crippen LogP contribution is -2.24. The Balaban J connectivity index is 2.53. The summed E-state index contributed by atoms with van der Waals surface area (Å²) in [4.78, 5) is 21.7. The Kier molecular flexibility index (Phi) is 5.38. The molecule has 0 amide bonds. The molecule has 6 nitrogen and oxygen atoms in total. The van der Waals surface area contributed by atoms with Crippen molar-refractivity contribution in [3.05, 3.63) is 33.9 Å². The Morgan fingerprint density at radius 1 is 1.45 bits per heavy atom. The van der Waals surface area contributed by atoms with Crippen LogP contribution in [0.15, 0.2) is 18.2 Å². The summed E-state index contributed by atoms with van der Waals surface area (Å²) in [6.07, 6.45) is 0. The Morgan fingerprint density at radius 2 is 2.10 bits per heavy atom. The first-order chi connectivity index (χ1) is 9.19. The topological polar surface area (TPSA) is 95.5 Å². The van der Waals surface area contributed by atoms with Crippen LogP contribution in [0.5, 0.6) is 0 Å². The smallest absolute Gasteiger partial charge is 0.316 e. The molecule has 7 heteroatoms. The lowest BCUT2D eigenvalue weighted by atomic mass is 10.2. The van der Waals surface area contributed by atoms with Crippen molar-refractivity contribution in [2.24, 2.45) is 0 Å². The zero-order chi connectivity index (χ0) is 15.3. The largest absolute Gasteiger partial charge is 0.459 e. The summed E-state index contributed by atoms with van der Waals surface area (Å²) in [6, 6.07) is 4.64. The van der Waals surface area contributed by atoms with Crippen LogP contribution in [0, 0.1) is 10.1 Å². The molecule has 1 aromatic rings. The van der Waals surface area contributed by atoms with Gasteiger partial charge in [0.2, 0.25) is 0 Å². The number of rotatable bonds is 5. The second kappa shape index (κ2) is 6.60. The van der Waals surface area contributed by atoms with Crippen LogP contribution in [-0.4, -0.2) is 22.2 Å². The van der Waals surface area contributed by atoms with Gasteiger partial charge in [0.05, 0.1) is 10.7 Å². The van der Waals surface area contributed by atoms with Crippen LogP contribution in [0.2, 0.25) is 0 Å². The van der Waals surface area contributed by atoms with Gasteiger partial charge in [-0.25, -0.2) is 0 Å². The van der Waals surface area contributed by atoms with E-state index in [0.717, 1.165) is 5.56 Å². The number of nitro groups is 1. The highest BCUT2D eigenvalue weighted by molar-refractivity contribution is 7.99. The molecule has 1 rings (SSSR count). The molecule has 0 aliphatic rings. The van der Waals surface area contributed by atoms with Crippen LogP contribution >= 0.6 is 11.8 Å². The summed E-state index contributed by atoms with van der Waals surface area (Å²) in [5.74, 6) is 0.392. The summed E-state index contributed by atoms with van der Waals surface area (Å²) in [5, 5.41) is 10.8. The quantitative estimate of drug-likeness (QED) is 0.388. The van der Waals surface area contributed by atoms with E-state index in [-0.39, 0.29) is 23.1 Å². The Bertz CT molecular complexity index is 512. The van der Waals surface area contributed by atoms with Crippen LogP contribution in [0.3, 0.4) is 0 Å². The number of hydrogen-bond acceptors (Lipinski definition) is 6. The molecule has 0 fully saturated rings. The normalized spacial score (nSPS) is 11.2. The van der Waals surface area contributed by atoms with Gasteiger partial charge in [-0.05, 0) is 32.4 Å². The number of anilines is 1. The molecule has 110 valence electrons. The van der Waals surface area contributed by atoms with E-state index in [9.17, 15) is 14.9 Å². The van der Waals surface area contributed by atoms with Gasteiger partial charge in [0.25, 0.3) is 5.69 Å². The molecule has 0 spiro atoms. The van der Waals surface area contributed by atoms with Crippen LogP contribution in [0.1, 0.15) is 26.3 Å². The first kappa shape index (κ1) is 16.3. The minimum absolute atomic E-state index is 0.111. The highest BCUT2D eigenvalue weighted by Crippen LogP contribution is 2.24. The van der Waals surface area contributed by atoms with Gasteiger partial charge in [-0.15, -0.1) is 11.8 Å². The van der Waals surface area contributed by atoms with E-state index >= 15 is 0 Å². The maximum Gasteiger partial charge on any atom is 0.316 e. The van der Waals surface area contributed by atoms with Crippen LogP contribution < -0.4 is 5.73 Å². The van der Waals surface area contributed by atoms with E-state index in [1.54, 1.807) is 26.8 Å². The van der Waals surface area contributed by atoms with Gasteiger partial charge in [-0.2, -0.15) is 0 Å². The van der Waals surface area contributed by atoms with E-state index in [1.807, 2.05) is 0 Å². The molecular weight excluding hydrogens is 280 g/mol. The molecule has 2 N–H and O–H groups in total. The SMILES string of the molecule is CC(C)(C)OC(=O)CSCc1ccc(N)c([N+](=O)[O-])c1. The minimum Gasteiger partial charge on any atom is -0.459 e. The summed E-state index contributed by atoms with van der Waals surface area (Å²) in [5.41, 5.74) is 5.79. The van der Waals surface area contributed by atoms with Crippen molar-refractivity contribution in [2.45, 2.75) is 32.1 Å². The first-order valence-electron chi connectivity index (χ1n) is 6.01. The van der Waals surface area contributed by atoms with Gasteiger partial charge >= 0.3 is 5.97 Å². The summed E-state index contributed by atoms with van der Waals surface area (Å²) in [7, 11) is 0. The minimum atomic E-state index is -0.517. The predicted octanol–water partition coefficient (Wildman–Crippen LogP) is 2.75. The maximum atomic E-state index is 11.5. The highest BCUT2D eigenvalue weighted by atomic mass is 32.2. The third-order valence-electron chi connectivity index (χ3n) is 2.20.